The first-order valence-corrected chi connectivity index (χ1v) is 8.23. The van der Waals surface area contributed by atoms with Crippen LogP contribution in [0.15, 0.2) is 4.47 Å². The van der Waals surface area contributed by atoms with Crippen LogP contribution in [-0.2, 0) is 4.79 Å². The summed E-state index contributed by atoms with van der Waals surface area (Å²) in [6.07, 6.45) is -0.239. The number of aliphatic carboxylic acids is 1. The van der Waals surface area contributed by atoms with E-state index in [0.717, 1.165) is 5.69 Å². The third-order valence-corrected chi connectivity index (χ3v) is 5.42. The molecule has 2 rings (SSSR count). The summed E-state index contributed by atoms with van der Waals surface area (Å²) in [4.78, 5) is 17.6. The molecule has 7 heteroatoms. The Morgan fingerprint density at radius 2 is 1.96 bits per heavy atom. The van der Waals surface area contributed by atoms with Gasteiger partial charge in [-0.3, -0.25) is 4.98 Å². The molecule has 0 amide bonds. The third kappa shape index (κ3) is 3.33. The summed E-state index contributed by atoms with van der Waals surface area (Å²) < 4.78 is 0.693. The zero-order chi connectivity index (χ0) is 17.4. The van der Waals surface area contributed by atoms with Crippen molar-refractivity contribution in [2.75, 3.05) is 18.0 Å². The van der Waals surface area contributed by atoms with Crippen molar-refractivity contribution in [3.8, 4) is 6.07 Å². The average molecular weight is 382 g/mol. The molecule has 1 fully saturated rings. The van der Waals surface area contributed by atoms with Gasteiger partial charge in [0.05, 0.1) is 27.3 Å². The van der Waals surface area contributed by atoms with Crippen molar-refractivity contribution in [1.82, 2.24) is 4.98 Å². The van der Waals surface area contributed by atoms with Crippen LogP contribution in [0.2, 0.25) is 0 Å². The standard InChI is InChI=1S/C16H20BrN3O3/c1-9-11(14(21)15(22)23)13(12(17)10(2)19-9)20-6-4-16(3,8-18)5-7-20/h14,21H,4-7H2,1-3H3,(H,22,23). The van der Waals surface area contributed by atoms with E-state index >= 15 is 0 Å². The molecule has 1 aromatic rings. The fourth-order valence-corrected chi connectivity index (χ4v) is 3.47. The van der Waals surface area contributed by atoms with Gasteiger partial charge in [-0.05, 0) is 49.5 Å². The van der Waals surface area contributed by atoms with Crippen LogP contribution in [0.1, 0.15) is 42.8 Å². The lowest BCUT2D eigenvalue weighted by molar-refractivity contribution is -0.147. The molecular weight excluding hydrogens is 362 g/mol. The summed E-state index contributed by atoms with van der Waals surface area (Å²) in [5, 5.41) is 28.6. The number of aliphatic hydroxyl groups is 1. The molecule has 1 unspecified atom stereocenters. The molecule has 1 aliphatic rings. The van der Waals surface area contributed by atoms with Crippen molar-refractivity contribution in [2.24, 2.45) is 5.41 Å². The van der Waals surface area contributed by atoms with Gasteiger partial charge in [0.2, 0.25) is 0 Å². The maximum absolute atomic E-state index is 11.3. The van der Waals surface area contributed by atoms with Crippen LogP contribution < -0.4 is 4.90 Å². The molecular formula is C16H20BrN3O3. The maximum Gasteiger partial charge on any atom is 0.337 e. The Morgan fingerprint density at radius 1 is 1.39 bits per heavy atom. The normalized spacial score (nSPS) is 18.3. The number of carboxylic acid groups (broad SMARTS) is 1. The summed E-state index contributed by atoms with van der Waals surface area (Å²) >= 11 is 3.49. The highest BCUT2D eigenvalue weighted by atomic mass is 79.9. The largest absolute Gasteiger partial charge is 0.479 e. The molecule has 0 aliphatic carbocycles. The molecule has 0 spiro atoms. The van der Waals surface area contributed by atoms with Crippen molar-refractivity contribution in [1.29, 1.82) is 5.26 Å². The van der Waals surface area contributed by atoms with E-state index in [4.69, 9.17) is 0 Å². The Labute approximate surface area is 143 Å². The van der Waals surface area contributed by atoms with Crippen molar-refractivity contribution in [2.45, 2.75) is 39.7 Å². The Hall–Kier alpha value is -1.65. The summed E-state index contributed by atoms with van der Waals surface area (Å²) in [7, 11) is 0. The summed E-state index contributed by atoms with van der Waals surface area (Å²) in [6.45, 7) is 6.74. The molecule has 23 heavy (non-hydrogen) atoms. The lowest BCUT2D eigenvalue weighted by Crippen LogP contribution is -2.39. The molecule has 2 heterocycles. The van der Waals surface area contributed by atoms with Crippen molar-refractivity contribution >= 4 is 27.6 Å². The maximum atomic E-state index is 11.3. The highest BCUT2D eigenvalue weighted by Crippen LogP contribution is 2.41. The van der Waals surface area contributed by atoms with Crippen molar-refractivity contribution in [3.63, 3.8) is 0 Å². The van der Waals surface area contributed by atoms with Crippen LogP contribution in [0.3, 0.4) is 0 Å². The molecule has 1 saturated heterocycles. The second-order valence-electron chi connectivity index (χ2n) is 6.26. The van der Waals surface area contributed by atoms with Crippen LogP contribution >= 0.6 is 15.9 Å². The zero-order valence-electron chi connectivity index (χ0n) is 13.4. The van der Waals surface area contributed by atoms with E-state index < -0.39 is 12.1 Å². The predicted octanol–water partition coefficient (Wildman–Crippen LogP) is 2.71. The number of aliphatic hydroxyl groups excluding tert-OH is 1. The average Bonchev–Trinajstić information content (AvgIpc) is 2.51. The van der Waals surface area contributed by atoms with Gasteiger partial charge in [0.1, 0.15) is 0 Å². The number of aromatic nitrogens is 1. The van der Waals surface area contributed by atoms with E-state index in [-0.39, 0.29) is 5.41 Å². The number of carboxylic acids is 1. The molecule has 0 aromatic carbocycles. The number of rotatable bonds is 3. The Morgan fingerprint density at radius 3 is 2.43 bits per heavy atom. The molecule has 2 N–H and O–H groups in total. The van der Waals surface area contributed by atoms with E-state index in [1.807, 2.05) is 18.7 Å². The number of nitrogens with zero attached hydrogens (tertiary/aromatic N) is 3. The van der Waals surface area contributed by atoms with E-state index in [1.54, 1.807) is 6.92 Å². The summed E-state index contributed by atoms with van der Waals surface area (Å²) in [5.74, 6) is -1.30. The Kier molecular flexibility index (Phi) is 4.97. The monoisotopic (exact) mass is 381 g/mol. The number of nitriles is 1. The third-order valence-electron chi connectivity index (χ3n) is 4.47. The van der Waals surface area contributed by atoms with E-state index in [9.17, 15) is 20.3 Å². The highest BCUT2D eigenvalue weighted by Gasteiger charge is 2.34. The zero-order valence-corrected chi connectivity index (χ0v) is 15.0. The van der Waals surface area contributed by atoms with Crippen LogP contribution in [-0.4, -0.2) is 34.3 Å². The van der Waals surface area contributed by atoms with Crippen molar-refractivity contribution < 1.29 is 15.0 Å². The quantitative estimate of drug-likeness (QED) is 0.834. The number of piperidine rings is 1. The van der Waals surface area contributed by atoms with Gasteiger partial charge < -0.3 is 15.1 Å². The van der Waals surface area contributed by atoms with Crippen LogP contribution in [0.4, 0.5) is 5.69 Å². The first kappa shape index (κ1) is 17.7. The van der Waals surface area contributed by atoms with Gasteiger partial charge >= 0.3 is 5.97 Å². The number of halogens is 1. The molecule has 124 valence electrons. The number of anilines is 1. The second-order valence-corrected chi connectivity index (χ2v) is 7.05. The number of aryl methyl sites for hydroxylation is 2. The highest BCUT2D eigenvalue weighted by molar-refractivity contribution is 9.10. The Balaban J connectivity index is 2.49. The van der Waals surface area contributed by atoms with Gasteiger partial charge in [0.25, 0.3) is 0 Å². The molecule has 1 atom stereocenters. The van der Waals surface area contributed by atoms with Crippen LogP contribution in [0.25, 0.3) is 0 Å². The minimum atomic E-state index is -1.63. The first-order valence-electron chi connectivity index (χ1n) is 7.44. The first-order chi connectivity index (χ1) is 10.7. The van der Waals surface area contributed by atoms with E-state index in [0.29, 0.717) is 47.3 Å². The molecule has 1 aliphatic heterocycles. The molecule has 6 nitrogen and oxygen atoms in total. The van der Waals surface area contributed by atoms with Gasteiger partial charge in [-0.2, -0.15) is 5.26 Å². The lowest BCUT2D eigenvalue weighted by atomic mass is 9.81. The van der Waals surface area contributed by atoms with Gasteiger partial charge in [-0.1, -0.05) is 0 Å². The number of hydrogen-bond donors (Lipinski definition) is 2. The van der Waals surface area contributed by atoms with Crippen molar-refractivity contribution in [3.05, 3.63) is 21.4 Å². The van der Waals surface area contributed by atoms with Gasteiger partial charge in [-0.15, -0.1) is 0 Å². The molecule has 0 bridgehead atoms. The predicted molar refractivity (Wildman–Crippen MR) is 89.2 cm³/mol. The van der Waals surface area contributed by atoms with Gasteiger partial charge in [0, 0.05) is 24.3 Å². The van der Waals surface area contributed by atoms with Crippen LogP contribution in [0, 0.1) is 30.6 Å². The number of pyridine rings is 1. The lowest BCUT2D eigenvalue weighted by Gasteiger charge is -2.38. The number of hydrogen-bond acceptors (Lipinski definition) is 5. The summed E-state index contributed by atoms with van der Waals surface area (Å²) in [5.41, 5.74) is 1.88. The van der Waals surface area contributed by atoms with Gasteiger partial charge in [-0.25, -0.2) is 4.79 Å². The minimum absolute atomic E-state index is 0.315. The fourth-order valence-electron chi connectivity index (χ4n) is 2.92. The van der Waals surface area contributed by atoms with E-state index in [1.165, 1.54) is 0 Å². The fraction of sp³-hybridized carbons (Fsp3) is 0.562. The SMILES string of the molecule is Cc1nc(C)c(C(O)C(=O)O)c(N2CCC(C)(C#N)CC2)c1Br. The van der Waals surface area contributed by atoms with Crippen LogP contribution in [0.5, 0.6) is 0 Å². The summed E-state index contributed by atoms with van der Waals surface area (Å²) in [6, 6.07) is 2.35. The number of carbonyl (C=O) groups is 1. The van der Waals surface area contributed by atoms with E-state index in [2.05, 4.69) is 27.0 Å². The molecule has 0 radical (unpaired) electrons. The molecule has 1 aromatic heterocycles. The molecule has 0 saturated carbocycles. The minimum Gasteiger partial charge on any atom is -0.479 e. The second kappa shape index (κ2) is 6.46. The van der Waals surface area contributed by atoms with Gasteiger partial charge in [0.15, 0.2) is 6.10 Å². The topological polar surface area (TPSA) is 97.4 Å². The smallest absolute Gasteiger partial charge is 0.337 e. The Bertz CT molecular complexity index is 676.